The SMILES string of the molecule is Cc1cccc(C)c1Nc1c(-c2ccc(C#N)cc2)nc2cc(C(=O)NC(Cc3ccccc3)C(=O)O)ccn12. The van der Waals surface area contributed by atoms with Gasteiger partial charge in [0, 0.05) is 29.4 Å². The Balaban J connectivity index is 1.52. The van der Waals surface area contributed by atoms with Gasteiger partial charge in [-0.2, -0.15) is 5.26 Å². The van der Waals surface area contributed by atoms with Crippen LogP contribution in [0.15, 0.2) is 91.1 Å². The van der Waals surface area contributed by atoms with Gasteiger partial charge in [-0.3, -0.25) is 9.20 Å². The van der Waals surface area contributed by atoms with Crippen LogP contribution in [0.5, 0.6) is 0 Å². The maximum atomic E-state index is 13.1. The Kier molecular flexibility index (Phi) is 7.29. The van der Waals surface area contributed by atoms with Crippen LogP contribution in [0.1, 0.15) is 32.6 Å². The predicted molar refractivity (Wildman–Crippen MR) is 154 cm³/mol. The molecule has 0 saturated carbocycles. The number of para-hydroxylation sites is 1. The molecule has 0 bridgehead atoms. The fourth-order valence-electron chi connectivity index (χ4n) is 4.63. The molecule has 5 rings (SSSR count). The number of anilines is 2. The lowest BCUT2D eigenvalue weighted by Crippen LogP contribution is -2.42. The fourth-order valence-corrected chi connectivity index (χ4v) is 4.63. The summed E-state index contributed by atoms with van der Waals surface area (Å²) in [7, 11) is 0. The highest BCUT2D eigenvalue weighted by atomic mass is 16.4. The molecule has 0 radical (unpaired) electrons. The highest BCUT2D eigenvalue weighted by Gasteiger charge is 2.23. The Hall–Kier alpha value is -5.42. The third-order valence-corrected chi connectivity index (χ3v) is 6.79. The number of aromatic nitrogens is 2. The van der Waals surface area contributed by atoms with E-state index < -0.39 is 17.9 Å². The minimum atomic E-state index is -1.11. The number of nitrogens with one attached hydrogen (secondary N) is 2. The molecule has 0 spiro atoms. The minimum Gasteiger partial charge on any atom is -0.480 e. The second-order valence-electron chi connectivity index (χ2n) is 9.59. The Labute approximate surface area is 231 Å². The van der Waals surface area contributed by atoms with E-state index in [9.17, 15) is 20.0 Å². The number of aryl methyl sites for hydroxylation is 2. The first-order valence-corrected chi connectivity index (χ1v) is 12.8. The molecule has 3 N–H and O–H groups in total. The van der Waals surface area contributed by atoms with Crippen molar-refractivity contribution >= 4 is 29.0 Å². The standard InChI is InChI=1S/C32H27N5O3/c1-20-7-6-8-21(2)28(20)36-30-29(24-13-11-23(19-33)12-14-24)35-27-18-25(15-16-37(27)30)31(38)34-26(32(39)40)17-22-9-4-3-5-10-22/h3-16,18,26,36H,17H2,1-2H3,(H,34,38)(H,39,40). The van der Waals surface area contributed by atoms with Crippen molar-refractivity contribution in [2.24, 2.45) is 0 Å². The lowest BCUT2D eigenvalue weighted by atomic mass is 10.1. The van der Waals surface area contributed by atoms with Gasteiger partial charge in [0.2, 0.25) is 0 Å². The molecule has 0 aliphatic rings. The van der Waals surface area contributed by atoms with Gasteiger partial charge >= 0.3 is 5.97 Å². The van der Waals surface area contributed by atoms with Crippen molar-refractivity contribution in [1.29, 1.82) is 5.26 Å². The number of rotatable bonds is 8. The molecule has 8 nitrogen and oxygen atoms in total. The number of carbonyl (C=O) groups excluding carboxylic acids is 1. The quantitative estimate of drug-likeness (QED) is 0.239. The van der Waals surface area contributed by atoms with Gasteiger partial charge in [0.15, 0.2) is 0 Å². The van der Waals surface area contributed by atoms with Gasteiger partial charge < -0.3 is 15.7 Å². The summed E-state index contributed by atoms with van der Waals surface area (Å²) >= 11 is 0. The van der Waals surface area contributed by atoms with Gasteiger partial charge in [-0.1, -0.05) is 60.7 Å². The highest BCUT2D eigenvalue weighted by Crippen LogP contribution is 2.33. The molecule has 2 heterocycles. The van der Waals surface area contributed by atoms with Gasteiger partial charge in [0.05, 0.1) is 11.6 Å². The number of carboxylic acids is 1. The first kappa shape index (κ1) is 26.2. The van der Waals surface area contributed by atoms with E-state index in [2.05, 4.69) is 16.7 Å². The average molecular weight is 530 g/mol. The number of hydrogen-bond acceptors (Lipinski definition) is 5. The monoisotopic (exact) mass is 529 g/mol. The number of hydrogen-bond donors (Lipinski definition) is 3. The molecule has 198 valence electrons. The van der Waals surface area contributed by atoms with Gasteiger partial charge in [-0.15, -0.1) is 0 Å². The van der Waals surface area contributed by atoms with Crippen molar-refractivity contribution in [3.8, 4) is 17.3 Å². The number of fused-ring (bicyclic) bond motifs is 1. The molecule has 1 amide bonds. The van der Waals surface area contributed by atoms with E-state index in [1.165, 1.54) is 0 Å². The smallest absolute Gasteiger partial charge is 0.326 e. The maximum absolute atomic E-state index is 13.1. The van der Waals surface area contributed by atoms with E-state index in [-0.39, 0.29) is 6.42 Å². The molecule has 1 atom stereocenters. The number of nitrogens with zero attached hydrogens (tertiary/aromatic N) is 3. The van der Waals surface area contributed by atoms with Crippen LogP contribution < -0.4 is 10.6 Å². The summed E-state index contributed by atoms with van der Waals surface area (Å²) in [5.41, 5.74) is 6.69. The highest BCUT2D eigenvalue weighted by molar-refractivity contribution is 5.97. The molecular formula is C32H27N5O3. The van der Waals surface area contributed by atoms with Crippen LogP contribution in [0.2, 0.25) is 0 Å². The average Bonchev–Trinajstić information content (AvgIpc) is 3.32. The van der Waals surface area contributed by atoms with Crippen LogP contribution >= 0.6 is 0 Å². The van der Waals surface area contributed by atoms with Gasteiger partial charge in [-0.05, 0) is 54.8 Å². The van der Waals surface area contributed by atoms with Crippen molar-refractivity contribution in [3.63, 3.8) is 0 Å². The van der Waals surface area contributed by atoms with Crippen LogP contribution in [0.3, 0.4) is 0 Å². The first-order chi connectivity index (χ1) is 19.3. The topological polar surface area (TPSA) is 120 Å². The number of pyridine rings is 1. The number of imidazole rings is 1. The molecule has 1 unspecified atom stereocenters. The Morgan fingerprint density at radius 2 is 1.68 bits per heavy atom. The largest absolute Gasteiger partial charge is 0.480 e. The number of amides is 1. The lowest BCUT2D eigenvalue weighted by molar-refractivity contribution is -0.139. The Morgan fingerprint density at radius 3 is 2.33 bits per heavy atom. The lowest BCUT2D eigenvalue weighted by Gasteiger charge is -2.15. The van der Waals surface area contributed by atoms with Crippen LogP contribution in [0, 0.1) is 25.2 Å². The third-order valence-electron chi connectivity index (χ3n) is 6.79. The zero-order valence-electron chi connectivity index (χ0n) is 22.1. The van der Waals surface area contributed by atoms with E-state index >= 15 is 0 Å². The second-order valence-corrected chi connectivity index (χ2v) is 9.59. The molecule has 0 aliphatic carbocycles. The summed E-state index contributed by atoms with van der Waals surface area (Å²) in [4.78, 5) is 29.9. The van der Waals surface area contributed by atoms with Crippen LogP contribution in [-0.4, -0.2) is 32.4 Å². The van der Waals surface area contributed by atoms with Gasteiger partial charge in [0.1, 0.15) is 23.2 Å². The Bertz CT molecular complexity index is 1730. The predicted octanol–water partition coefficient (Wildman–Crippen LogP) is 5.66. The van der Waals surface area contributed by atoms with Gasteiger partial charge in [0.25, 0.3) is 5.91 Å². The normalized spacial score (nSPS) is 11.5. The molecular weight excluding hydrogens is 502 g/mol. The summed E-state index contributed by atoms with van der Waals surface area (Å²) in [5, 5.41) is 25.1. The number of carbonyl (C=O) groups is 2. The van der Waals surface area contributed by atoms with E-state index in [4.69, 9.17) is 4.98 Å². The van der Waals surface area contributed by atoms with Crippen LogP contribution in [0.25, 0.3) is 16.9 Å². The van der Waals surface area contributed by atoms with E-state index in [0.717, 1.165) is 27.9 Å². The third kappa shape index (κ3) is 5.40. The summed E-state index contributed by atoms with van der Waals surface area (Å²) in [5.74, 6) is -0.906. The molecule has 0 fully saturated rings. The fraction of sp³-hybridized carbons (Fsp3) is 0.125. The molecule has 40 heavy (non-hydrogen) atoms. The number of nitriles is 1. The van der Waals surface area contributed by atoms with E-state index in [1.807, 2.05) is 78.9 Å². The number of aliphatic carboxylic acids is 1. The first-order valence-electron chi connectivity index (χ1n) is 12.8. The van der Waals surface area contributed by atoms with Crippen molar-refractivity contribution in [2.45, 2.75) is 26.3 Å². The molecule has 0 saturated heterocycles. The molecule has 8 heteroatoms. The Morgan fingerprint density at radius 1 is 0.975 bits per heavy atom. The van der Waals surface area contributed by atoms with Gasteiger partial charge in [-0.25, -0.2) is 9.78 Å². The number of carboxylic acid groups (broad SMARTS) is 1. The number of benzene rings is 3. The zero-order valence-corrected chi connectivity index (χ0v) is 22.1. The summed E-state index contributed by atoms with van der Waals surface area (Å²) in [6.45, 7) is 4.05. The summed E-state index contributed by atoms with van der Waals surface area (Å²) in [6.07, 6.45) is 1.91. The van der Waals surface area contributed by atoms with Crippen molar-refractivity contribution in [2.75, 3.05) is 5.32 Å². The minimum absolute atomic E-state index is 0.167. The molecule has 0 aliphatic heterocycles. The maximum Gasteiger partial charge on any atom is 0.326 e. The van der Waals surface area contributed by atoms with Crippen LogP contribution in [0.4, 0.5) is 11.5 Å². The summed E-state index contributed by atoms with van der Waals surface area (Å²) < 4.78 is 1.86. The molecule has 3 aromatic carbocycles. The van der Waals surface area contributed by atoms with Crippen molar-refractivity contribution in [1.82, 2.24) is 14.7 Å². The van der Waals surface area contributed by atoms with Crippen molar-refractivity contribution in [3.05, 3.63) is 119 Å². The van der Waals surface area contributed by atoms with Crippen LogP contribution in [-0.2, 0) is 11.2 Å². The summed E-state index contributed by atoms with van der Waals surface area (Å²) in [6, 6.07) is 26.7. The van der Waals surface area contributed by atoms with E-state index in [0.29, 0.717) is 28.3 Å². The van der Waals surface area contributed by atoms with Crippen molar-refractivity contribution < 1.29 is 14.7 Å². The molecule has 2 aromatic heterocycles. The van der Waals surface area contributed by atoms with E-state index in [1.54, 1.807) is 30.5 Å². The second kappa shape index (κ2) is 11.1. The zero-order chi connectivity index (χ0) is 28.2. The molecule has 5 aromatic rings.